The van der Waals surface area contributed by atoms with Crippen molar-refractivity contribution in [3.05, 3.63) is 36.6 Å². The molecule has 0 bridgehead atoms. The number of para-hydroxylation sites is 1. The van der Waals surface area contributed by atoms with Gasteiger partial charge in [-0.3, -0.25) is 14.1 Å². The number of rotatable bonds is 9. The van der Waals surface area contributed by atoms with Crippen molar-refractivity contribution < 1.29 is 27.1 Å². The van der Waals surface area contributed by atoms with Crippen LogP contribution in [-0.2, 0) is 14.8 Å². The number of likely N-dealkylation sites (tertiary alicyclic amines) is 1. The summed E-state index contributed by atoms with van der Waals surface area (Å²) in [4.78, 5) is 13.9. The van der Waals surface area contributed by atoms with Crippen LogP contribution in [0.25, 0.3) is 17.3 Å². The third-order valence-corrected chi connectivity index (χ3v) is 6.96. The molecule has 3 heterocycles. The average Bonchev–Trinajstić information content (AvgIpc) is 3.47. The molecule has 1 amide bonds. The van der Waals surface area contributed by atoms with Gasteiger partial charge in [-0.05, 0) is 44.0 Å². The van der Waals surface area contributed by atoms with Gasteiger partial charge in [-0.15, -0.1) is 10.2 Å². The van der Waals surface area contributed by atoms with Gasteiger partial charge in [0.2, 0.25) is 27.7 Å². The van der Waals surface area contributed by atoms with Gasteiger partial charge in [0.15, 0.2) is 5.76 Å². The predicted octanol–water partition coefficient (Wildman–Crippen LogP) is 2.69. The number of carbonyl (C=O) groups is 1. The maximum absolute atomic E-state index is 13.0. The maximum atomic E-state index is 13.0. The zero-order valence-corrected chi connectivity index (χ0v) is 20.0. The van der Waals surface area contributed by atoms with E-state index in [0.29, 0.717) is 29.4 Å². The molecule has 1 N–H and O–H groups in total. The largest absolute Gasteiger partial charge is 0.494 e. The number of methoxy groups -OCH3 is 2. The van der Waals surface area contributed by atoms with Crippen LogP contribution in [0, 0.1) is 0 Å². The quantitative estimate of drug-likeness (QED) is 0.486. The summed E-state index contributed by atoms with van der Waals surface area (Å²) in [5.41, 5.74) is 0.404. The van der Waals surface area contributed by atoms with Crippen molar-refractivity contribution in [2.75, 3.05) is 31.2 Å². The zero-order valence-electron chi connectivity index (χ0n) is 19.2. The molecule has 34 heavy (non-hydrogen) atoms. The lowest BCUT2D eigenvalue weighted by Gasteiger charge is -2.33. The van der Waals surface area contributed by atoms with Crippen LogP contribution in [0.4, 0.5) is 5.95 Å². The van der Waals surface area contributed by atoms with Gasteiger partial charge in [-0.1, -0.05) is 6.07 Å². The van der Waals surface area contributed by atoms with Crippen molar-refractivity contribution in [2.24, 2.45) is 0 Å². The monoisotopic (exact) mass is 489 g/mol. The number of hydrogen-bond acceptors (Lipinski definition) is 8. The van der Waals surface area contributed by atoms with Crippen molar-refractivity contribution in [3.63, 3.8) is 0 Å². The summed E-state index contributed by atoms with van der Waals surface area (Å²) in [6.45, 7) is 2.02. The minimum atomic E-state index is -3.89. The van der Waals surface area contributed by atoms with E-state index in [1.807, 2.05) is 6.92 Å². The van der Waals surface area contributed by atoms with Gasteiger partial charge in [-0.2, -0.15) is 0 Å². The fraction of sp³-hybridized carbons (Fsp3) is 0.409. The van der Waals surface area contributed by atoms with Gasteiger partial charge in [-0.25, -0.2) is 8.42 Å². The van der Waals surface area contributed by atoms with E-state index in [1.54, 1.807) is 35.2 Å². The molecule has 1 aromatic carbocycles. The van der Waals surface area contributed by atoms with Crippen LogP contribution in [0.2, 0.25) is 0 Å². The van der Waals surface area contributed by atoms with E-state index in [0.717, 1.165) is 12.8 Å². The standard InChI is InChI=1S/C22H27N5O6S/c1-15-7-4-11-19(28)26(15)12-14-34(29,30)25-22-24-23-21(18-10-6-13-33-18)27(22)20-16(31-2)8-5-9-17(20)32-3/h5-6,8-10,13,15H,4,7,11-12,14H2,1-3H3,(H,24,25)/t15-/m0/s1. The predicted molar refractivity (Wildman–Crippen MR) is 125 cm³/mol. The first kappa shape index (κ1) is 23.6. The second-order valence-corrected chi connectivity index (χ2v) is 9.76. The summed E-state index contributed by atoms with van der Waals surface area (Å²) in [5.74, 6) is 1.09. The van der Waals surface area contributed by atoms with E-state index >= 15 is 0 Å². The number of nitrogens with one attached hydrogen (secondary N) is 1. The molecule has 0 unspecified atom stereocenters. The summed E-state index contributed by atoms with van der Waals surface area (Å²) >= 11 is 0. The van der Waals surface area contributed by atoms with Gasteiger partial charge < -0.3 is 18.8 Å². The van der Waals surface area contributed by atoms with Crippen LogP contribution >= 0.6 is 0 Å². The molecule has 182 valence electrons. The Bertz CT molecular complexity index is 1230. The number of amides is 1. The minimum Gasteiger partial charge on any atom is -0.494 e. The van der Waals surface area contributed by atoms with Crippen molar-refractivity contribution in [2.45, 2.75) is 32.2 Å². The van der Waals surface area contributed by atoms with Crippen molar-refractivity contribution in [3.8, 4) is 28.8 Å². The van der Waals surface area contributed by atoms with E-state index in [2.05, 4.69) is 14.9 Å². The number of ether oxygens (including phenoxy) is 2. The molecule has 0 radical (unpaired) electrons. The highest BCUT2D eigenvalue weighted by Gasteiger charge is 2.29. The molecular formula is C22H27N5O6S. The number of aromatic nitrogens is 3. The molecule has 0 saturated carbocycles. The van der Waals surface area contributed by atoms with Crippen LogP contribution in [0.5, 0.6) is 11.5 Å². The summed E-state index contributed by atoms with van der Waals surface area (Å²) in [5, 5.41) is 8.24. The molecule has 12 heteroatoms. The van der Waals surface area contributed by atoms with Gasteiger partial charge in [0.25, 0.3) is 0 Å². The van der Waals surface area contributed by atoms with Gasteiger partial charge >= 0.3 is 0 Å². The third kappa shape index (κ3) is 4.72. The molecular weight excluding hydrogens is 462 g/mol. The normalized spacial score (nSPS) is 16.5. The molecule has 0 spiro atoms. The first-order chi connectivity index (χ1) is 16.3. The fourth-order valence-electron chi connectivity index (χ4n) is 4.03. The molecule has 1 aliphatic rings. The van der Waals surface area contributed by atoms with E-state index in [-0.39, 0.29) is 36.0 Å². The number of carbonyl (C=O) groups excluding carboxylic acids is 1. The van der Waals surface area contributed by atoms with Crippen LogP contribution < -0.4 is 14.2 Å². The fourth-order valence-corrected chi connectivity index (χ4v) is 4.98. The van der Waals surface area contributed by atoms with Crippen LogP contribution in [0.1, 0.15) is 26.2 Å². The first-order valence-electron chi connectivity index (χ1n) is 10.8. The third-order valence-electron chi connectivity index (χ3n) is 5.74. The highest BCUT2D eigenvalue weighted by atomic mass is 32.2. The first-order valence-corrected chi connectivity index (χ1v) is 12.5. The number of nitrogens with zero attached hydrogens (tertiary/aromatic N) is 4. The second-order valence-electron chi connectivity index (χ2n) is 7.92. The SMILES string of the molecule is COc1cccc(OC)c1-n1c(NS(=O)(=O)CCN2C(=O)CCC[C@@H]2C)nnc1-c1ccco1. The Morgan fingerprint density at radius 3 is 2.50 bits per heavy atom. The Labute approximate surface area is 197 Å². The number of hydrogen-bond donors (Lipinski definition) is 1. The van der Waals surface area contributed by atoms with Crippen molar-refractivity contribution in [1.29, 1.82) is 0 Å². The summed E-state index contributed by atoms with van der Waals surface area (Å²) in [6, 6.07) is 8.55. The highest BCUT2D eigenvalue weighted by molar-refractivity contribution is 7.92. The molecule has 11 nitrogen and oxygen atoms in total. The minimum absolute atomic E-state index is 0.00324. The Morgan fingerprint density at radius 1 is 1.15 bits per heavy atom. The summed E-state index contributed by atoms with van der Waals surface area (Å²) in [7, 11) is -0.894. The molecule has 2 aromatic heterocycles. The molecule has 1 saturated heterocycles. The lowest BCUT2D eigenvalue weighted by Crippen LogP contribution is -2.44. The molecule has 4 rings (SSSR count). The Balaban J connectivity index is 1.70. The summed E-state index contributed by atoms with van der Waals surface area (Å²) in [6.07, 6.45) is 3.59. The topological polar surface area (TPSA) is 129 Å². The lowest BCUT2D eigenvalue weighted by molar-refractivity contribution is -0.135. The van der Waals surface area contributed by atoms with Crippen molar-refractivity contribution >= 4 is 21.9 Å². The second kappa shape index (κ2) is 9.75. The van der Waals surface area contributed by atoms with Crippen LogP contribution in [0.15, 0.2) is 41.0 Å². The van der Waals surface area contributed by atoms with Gasteiger partial charge in [0.1, 0.15) is 17.2 Å². The Kier molecular flexibility index (Phi) is 6.77. The van der Waals surface area contributed by atoms with E-state index in [9.17, 15) is 13.2 Å². The Hall–Kier alpha value is -3.54. The number of piperidine rings is 1. The van der Waals surface area contributed by atoms with E-state index in [4.69, 9.17) is 13.9 Å². The van der Waals surface area contributed by atoms with Gasteiger partial charge in [0.05, 0.1) is 26.2 Å². The molecule has 1 aliphatic heterocycles. The molecule has 1 atom stereocenters. The lowest BCUT2D eigenvalue weighted by atomic mass is 10.0. The maximum Gasteiger partial charge on any atom is 0.243 e. The number of benzene rings is 1. The van der Waals surface area contributed by atoms with Gasteiger partial charge in [0, 0.05) is 19.0 Å². The van der Waals surface area contributed by atoms with E-state index in [1.165, 1.54) is 25.0 Å². The smallest absolute Gasteiger partial charge is 0.243 e. The highest BCUT2D eigenvalue weighted by Crippen LogP contribution is 2.37. The molecule has 1 fully saturated rings. The van der Waals surface area contributed by atoms with Crippen molar-refractivity contribution in [1.82, 2.24) is 19.7 Å². The van der Waals surface area contributed by atoms with E-state index < -0.39 is 10.0 Å². The number of anilines is 1. The average molecular weight is 490 g/mol. The number of sulfonamides is 1. The molecule has 0 aliphatic carbocycles. The summed E-state index contributed by atoms with van der Waals surface area (Å²) < 4.78 is 46.6. The zero-order chi connectivity index (χ0) is 24.3. The molecule has 3 aromatic rings. The van der Waals surface area contributed by atoms with Crippen LogP contribution in [-0.4, -0.2) is 66.5 Å². The Morgan fingerprint density at radius 2 is 1.88 bits per heavy atom. The van der Waals surface area contributed by atoms with Crippen LogP contribution in [0.3, 0.4) is 0 Å². The number of furan rings is 1.